The van der Waals surface area contributed by atoms with Crippen molar-refractivity contribution < 1.29 is 9.84 Å². The summed E-state index contributed by atoms with van der Waals surface area (Å²) in [5, 5.41) is 11.2. The first-order chi connectivity index (χ1) is 10.8. The second kappa shape index (κ2) is 5.76. The van der Waals surface area contributed by atoms with Crippen LogP contribution >= 0.6 is 11.6 Å². The summed E-state index contributed by atoms with van der Waals surface area (Å²) in [6.07, 6.45) is 0.956. The first-order valence-electron chi connectivity index (χ1n) is 8.05. The molecular formula is C16H25ClN4O2. The van der Waals surface area contributed by atoms with Gasteiger partial charge in [0.15, 0.2) is 5.82 Å². The molecule has 1 aromatic heterocycles. The highest BCUT2D eigenvalue weighted by Crippen LogP contribution is 2.48. The van der Waals surface area contributed by atoms with Crippen molar-refractivity contribution in [3.8, 4) is 0 Å². The fourth-order valence-electron chi connectivity index (χ4n) is 3.86. The first-order valence-corrected chi connectivity index (χ1v) is 8.43. The topological polar surface area (TPSA) is 61.7 Å². The van der Waals surface area contributed by atoms with E-state index in [0.717, 1.165) is 30.0 Å². The average Bonchev–Trinajstić information content (AvgIpc) is 2.82. The third kappa shape index (κ3) is 2.57. The van der Waals surface area contributed by atoms with Gasteiger partial charge in [0.25, 0.3) is 0 Å². The highest BCUT2D eigenvalue weighted by atomic mass is 35.5. The van der Waals surface area contributed by atoms with Gasteiger partial charge in [-0.25, -0.2) is 4.98 Å². The maximum absolute atomic E-state index is 10.9. The number of nitrogens with zero attached hydrogens (tertiary/aromatic N) is 4. The Labute approximate surface area is 142 Å². The summed E-state index contributed by atoms with van der Waals surface area (Å²) < 4.78 is 5.54. The molecule has 0 aromatic carbocycles. The summed E-state index contributed by atoms with van der Waals surface area (Å²) in [6, 6.07) is 0. The van der Waals surface area contributed by atoms with Gasteiger partial charge in [-0.05, 0) is 30.9 Å². The van der Waals surface area contributed by atoms with Crippen LogP contribution in [0.15, 0.2) is 0 Å². The second-order valence-electron chi connectivity index (χ2n) is 7.22. The smallest absolute Gasteiger partial charge is 0.224 e. The van der Waals surface area contributed by atoms with Gasteiger partial charge >= 0.3 is 0 Å². The Morgan fingerprint density at radius 1 is 1.43 bits per heavy atom. The molecule has 7 heteroatoms. The number of aliphatic hydroxyl groups is 1. The maximum atomic E-state index is 10.9. The van der Waals surface area contributed by atoms with Gasteiger partial charge < -0.3 is 19.6 Å². The number of halogens is 1. The Hall–Kier alpha value is -1.11. The lowest BCUT2D eigenvalue weighted by atomic mass is 9.91. The molecule has 1 saturated heterocycles. The zero-order valence-electron chi connectivity index (χ0n) is 14.4. The van der Waals surface area contributed by atoms with E-state index in [4.69, 9.17) is 16.3 Å². The standard InChI is InChI=1S/C16H25ClN4O2/c1-9(2)6-11-12-13(19-15(17)18-11)21-8-10(23-5)7-16(21,3)14(22)20(12)4/h9-10,14,22H,6-8H2,1-5H3. The summed E-state index contributed by atoms with van der Waals surface area (Å²) in [6.45, 7) is 7.03. The third-order valence-corrected chi connectivity index (χ3v) is 5.19. The number of aromatic nitrogens is 2. The van der Waals surface area contributed by atoms with Gasteiger partial charge in [0.05, 0.1) is 17.3 Å². The van der Waals surface area contributed by atoms with E-state index in [9.17, 15) is 5.11 Å². The lowest BCUT2D eigenvalue weighted by Gasteiger charge is -2.49. The highest BCUT2D eigenvalue weighted by molar-refractivity contribution is 6.28. The van der Waals surface area contributed by atoms with Gasteiger partial charge in [-0.1, -0.05) is 13.8 Å². The largest absolute Gasteiger partial charge is 0.380 e. The van der Waals surface area contributed by atoms with Crippen LogP contribution in [0, 0.1) is 5.92 Å². The predicted molar refractivity (Wildman–Crippen MR) is 91.2 cm³/mol. The second-order valence-corrected chi connectivity index (χ2v) is 7.56. The molecule has 1 aromatic rings. The number of hydrogen-bond acceptors (Lipinski definition) is 6. The molecule has 2 aliphatic heterocycles. The van der Waals surface area contributed by atoms with Crippen LogP contribution in [-0.2, 0) is 11.2 Å². The summed E-state index contributed by atoms with van der Waals surface area (Å²) >= 11 is 6.19. The number of anilines is 2. The molecule has 0 radical (unpaired) electrons. The molecule has 1 N–H and O–H groups in total. The van der Waals surface area contributed by atoms with E-state index in [0.29, 0.717) is 12.5 Å². The molecule has 3 heterocycles. The van der Waals surface area contributed by atoms with Crippen LogP contribution in [0.2, 0.25) is 5.28 Å². The van der Waals surface area contributed by atoms with E-state index in [1.807, 2.05) is 18.9 Å². The van der Waals surface area contributed by atoms with Crippen molar-refractivity contribution in [3.05, 3.63) is 11.0 Å². The van der Waals surface area contributed by atoms with Crippen molar-refractivity contribution in [1.82, 2.24) is 9.97 Å². The average molecular weight is 341 g/mol. The minimum Gasteiger partial charge on any atom is -0.380 e. The molecule has 1 fully saturated rings. The number of aliphatic hydroxyl groups excluding tert-OH is 1. The molecule has 3 unspecified atom stereocenters. The van der Waals surface area contributed by atoms with E-state index < -0.39 is 11.8 Å². The van der Waals surface area contributed by atoms with Crippen molar-refractivity contribution in [2.24, 2.45) is 5.92 Å². The number of rotatable bonds is 3. The lowest BCUT2D eigenvalue weighted by Crippen LogP contribution is -2.61. The van der Waals surface area contributed by atoms with E-state index >= 15 is 0 Å². The van der Waals surface area contributed by atoms with Crippen LogP contribution in [0.3, 0.4) is 0 Å². The van der Waals surface area contributed by atoms with Crippen molar-refractivity contribution in [2.75, 3.05) is 30.5 Å². The number of ether oxygens (including phenoxy) is 1. The van der Waals surface area contributed by atoms with Crippen molar-refractivity contribution >= 4 is 23.1 Å². The monoisotopic (exact) mass is 340 g/mol. The van der Waals surface area contributed by atoms with Crippen LogP contribution in [-0.4, -0.2) is 53.6 Å². The maximum Gasteiger partial charge on any atom is 0.224 e. The van der Waals surface area contributed by atoms with Crippen molar-refractivity contribution in [1.29, 1.82) is 0 Å². The Morgan fingerprint density at radius 3 is 2.74 bits per heavy atom. The molecule has 3 atom stereocenters. The van der Waals surface area contributed by atoms with Gasteiger partial charge in [-0.3, -0.25) is 0 Å². The Balaban J connectivity index is 2.15. The first kappa shape index (κ1) is 16.7. The molecule has 0 saturated carbocycles. The number of methoxy groups -OCH3 is 1. The normalized spacial score (nSPS) is 29.9. The Bertz CT molecular complexity index is 612. The molecule has 128 valence electrons. The van der Waals surface area contributed by atoms with Gasteiger partial charge in [-0.2, -0.15) is 4.98 Å². The molecule has 0 amide bonds. The molecule has 0 spiro atoms. The van der Waals surface area contributed by atoms with Gasteiger partial charge in [0, 0.05) is 27.1 Å². The van der Waals surface area contributed by atoms with Crippen molar-refractivity contribution in [3.63, 3.8) is 0 Å². The zero-order valence-corrected chi connectivity index (χ0v) is 15.1. The minimum atomic E-state index is -0.647. The van der Waals surface area contributed by atoms with E-state index in [2.05, 4.69) is 28.7 Å². The fourth-order valence-corrected chi connectivity index (χ4v) is 4.04. The minimum absolute atomic E-state index is 0.0660. The third-order valence-electron chi connectivity index (χ3n) is 5.02. The van der Waals surface area contributed by atoms with Gasteiger partial charge in [0.1, 0.15) is 11.9 Å². The zero-order chi connectivity index (χ0) is 16.9. The van der Waals surface area contributed by atoms with Crippen LogP contribution < -0.4 is 9.80 Å². The Morgan fingerprint density at radius 2 is 2.13 bits per heavy atom. The van der Waals surface area contributed by atoms with E-state index in [1.165, 1.54) is 0 Å². The van der Waals surface area contributed by atoms with Crippen molar-refractivity contribution in [2.45, 2.75) is 51.5 Å². The van der Waals surface area contributed by atoms with Crippen LogP contribution in [0.5, 0.6) is 0 Å². The molecule has 23 heavy (non-hydrogen) atoms. The summed E-state index contributed by atoms with van der Waals surface area (Å²) in [5.74, 6) is 1.24. The summed E-state index contributed by atoms with van der Waals surface area (Å²) in [5.41, 5.74) is 1.32. The van der Waals surface area contributed by atoms with E-state index in [-0.39, 0.29) is 11.4 Å². The number of likely N-dealkylation sites (N-methyl/N-ethyl adjacent to an activating group) is 1. The molecular weight excluding hydrogens is 316 g/mol. The summed E-state index contributed by atoms with van der Waals surface area (Å²) in [4.78, 5) is 13.0. The van der Waals surface area contributed by atoms with Crippen LogP contribution in [0.4, 0.5) is 11.5 Å². The number of fused-ring (bicyclic) bond motifs is 3. The van der Waals surface area contributed by atoms with Gasteiger partial charge in [0.2, 0.25) is 5.28 Å². The van der Waals surface area contributed by atoms with Crippen LogP contribution in [0.25, 0.3) is 0 Å². The number of hydrogen-bond donors (Lipinski definition) is 1. The Kier molecular flexibility index (Phi) is 4.19. The lowest BCUT2D eigenvalue weighted by molar-refractivity contribution is 0.0659. The molecule has 0 bridgehead atoms. The summed E-state index contributed by atoms with van der Waals surface area (Å²) in [7, 11) is 3.61. The molecule has 3 rings (SSSR count). The highest BCUT2D eigenvalue weighted by Gasteiger charge is 2.54. The van der Waals surface area contributed by atoms with Crippen LogP contribution in [0.1, 0.15) is 32.9 Å². The SMILES string of the molecule is COC1CN2c3nc(Cl)nc(CC(C)C)c3N(C)C(O)C2(C)C1. The molecule has 2 aliphatic rings. The predicted octanol–water partition coefficient (Wildman–Crippen LogP) is 2.08. The molecule has 6 nitrogen and oxygen atoms in total. The fraction of sp³-hybridized carbons (Fsp3) is 0.750. The molecule has 0 aliphatic carbocycles. The van der Waals surface area contributed by atoms with E-state index in [1.54, 1.807) is 7.11 Å². The quantitative estimate of drug-likeness (QED) is 0.850. The van der Waals surface area contributed by atoms with Gasteiger partial charge in [-0.15, -0.1) is 0 Å².